The van der Waals surface area contributed by atoms with E-state index in [1.54, 1.807) is 0 Å². The van der Waals surface area contributed by atoms with E-state index in [2.05, 4.69) is 15.1 Å². The largest absolute Gasteiger partial charge is 0.444 e. The van der Waals surface area contributed by atoms with Crippen LogP contribution in [0.3, 0.4) is 0 Å². The Labute approximate surface area is 304 Å². The third-order valence-electron chi connectivity index (χ3n) is 10.7. The maximum atomic E-state index is 12.3. The number of hydrogen-bond acceptors (Lipinski definition) is 7. The summed E-state index contributed by atoms with van der Waals surface area (Å²) in [4.78, 5) is 19.2. The third-order valence-corrected chi connectivity index (χ3v) is 11.2. The Morgan fingerprint density at radius 1 is 0.694 bits per heavy atom. The van der Waals surface area contributed by atoms with Crippen LogP contribution in [0.4, 0.5) is 4.79 Å². The van der Waals surface area contributed by atoms with Crippen molar-refractivity contribution in [2.24, 2.45) is 0 Å². The summed E-state index contributed by atoms with van der Waals surface area (Å²) < 4.78 is 5.51. The highest BCUT2D eigenvalue weighted by Crippen LogP contribution is 2.34. The van der Waals surface area contributed by atoms with Crippen LogP contribution in [0.25, 0.3) is 0 Å². The number of benzene rings is 2. The van der Waals surface area contributed by atoms with Crippen LogP contribution in [0.1, 0.15) is 108 Å². The van der Waals surface area contributed by atoms with Crippen LogP contribution in [0.15, 0.2) is 48.5 Å². The van der Waals surface area contributed by atoms with Crippen LogP contribution in [0.5, 0.6) is 0 Å². The van der Waals surface area contributed by atoms with Crippen LogP contribution >= 0.6 is 23.2 Å². The molecule has 0 aliphatic carbocycles. The van der Waals surface area contributed by atoms with Gasteiger partial charge in [-0.1, -0.05) is 60.3 Å². The zero-order valence-electron chi connectivity index (χ0n) is 29.7. The van der Waals surface area contributed by atoms with Gasteiger partial charge in [0.25, 0.3) is 0 Å². The van der Waals surface area contributed by atoms with Gasteiger partial charge in [-0.15, -0.1) is 0 Å². The van der Waals surface area contributed by atoms with Gasteiger partial charge >= 0.3 is 6.09 Å². The number of hydrogen-bond donors (Lipinski definition) is 3. The van der Waals surface area contributed by atoms with Gasteiger partial charge in [-0.05, 0) is 134 Å². The Balaban J connectivity index is 0.000000199. The molecule has 0 bridgehead atoms. The number of carbonyl (C=O) groups excluding carboxylic acids is 1. The van der Waals surface area contributed by atoms with Crippen molar-refractivity contribution >= 4 is 29.3 Å². The van der Waals surface area contributed by atoms with Gasteiger partial charge in [-0.25, -0.2) is 4.79 Å². The van der Waals surface area contributed by atoms with Crippen molar-refractivity contribution in [2.45, 2.75) is 127 Å². The minimum Gasteiger partial charge on any atom is -0.444 e. The van der Waals surface area contributed by atoms with Crippen LogP contribution in [0, 0.1) is 0 Å². The molecule has 2 aromatic carbocycles. The number of carbonyl (C=O) groups is 1. The minimum atomic E-state index is -0.513. The zero-order valence-corrected chi connectivity index (χ0v) is 31.2. The predicted octanol–water partition coefficient (Wildman–Crippen LogP) is 7.61. The molecular weight excluding hydrogens is 659 g/mol. The van der Waals surface area contributed by atoms with Gasteiger partial charge in [-0.3, -0.25) is 9.80 Å². The molecule has 10 heteroatoms. The van der Waals surface area contributed by atoms with Crippen molar-refractivity contribution in [2.75, 3.05) is 39.3 Å². The zero-order chi connectivity index (χ0) is 35.0. The van der Waals surface area contributed by atoms with Crippen LogP contribution in [-0.4, -0.2) is 100 Å². The topological polar surface area (TPSA) is 88.5 Å². The summed E-state index contributed by atoms with van der Waals surface area (Å²) in [6.07, 6.45) is 9.97. The lowest BCUT2D eigenvalue weighted by Crippen LogP contribution is -2.53. The lowest BCUT2D eigenvalue weighted by Gasteiger charge is -2.46. The maximum Gasteiger partial charge on any atom is 0.410 e. The van der Waals surface area contributed by atoms with E-state index >= 15 is 0 Å². The van der Waals surface area contributed by atoms with Gasteiger partial charge in [0.05, 0.1) is 12.2 Å². The Morgan fingerprint density at radius 3 is 1.55 bits per heavy atom. The SMILES string of the molecule is CC(C)(C)OC(=O)N1CCC(N2CCCCC2C(O)c2ccc(Cl)cc2)CC1.OC(c1ccc(Cl)cc1)C1CCCCN1C1CCNCC1. The first-order valence-corrected chi connectivity index (χ1v) is 19.3. The molecule has 4 fully saturated rings. The lowest BCUT2D eigenvalue weighted by atomic mass is 9.89. The molecule has 1 amide bonds. The molecule has 272 valence electrons. The molecule has 4 aliphatic rings. The normalized spacial score (nSPS) is 24.8. The second-order valence-corrected chi connectivity index (χ2v) is 16.1. The molecule has 4 atom stereocenters. The predicted molar refractivity (Wildman–Crippen MR) is 198 cm³/mol. The average molecular weight is 718 g/mol. The standard InChI is InChI=1S/C22H33ClN2O3.C17H25ClN2O/c1-22(2,3)28-21(27)24-14-11-18(12-15-24)25-13-5-4-6-19(25)20(26)16-7-9-17(23)10-8-16;18-14-6-4-13(5-7-14)17(21)16-3-1-2-12-20(16)15-8-10-19-11-9-15/h7-10,18-20,26H,4-6,11-15H2,1-3H3;4-7,15-17,19,21H,1-3,8-12H2. The smallest absolute Gasteiger partial charge is 0.410 e. The first-order valence-electron chi connectivity index (χ1n) is 18.6. The van der Waals surface area contributed by atoms with Gasteiger partial charge in [0.1, 0.15) is 5.60 Å². The molecule has 4 aliphatic heterocycles. The second-order valence-electron chi connectivity index (χ2n) is 15.3. The van der Waals surface area contributed by atoms with E-state index in [1.807, 2.05) is 74.2 Å². The Kier molecular flexibility index (Phi) is 14.1. The van der Waals surface area contributed by atoms with Crippen molar-refractivity contribution in [3.8, 4) is 0 Å². The van der Waals surface area contributed by atoms with E-state index in [4.69, 9.17) is 27.9 Å². The highest BCUT2D eigenvalue weighted by atomic mass is 35.5. The fraction of sp³-hybridized carbons (Fsp3) is 0.667. The molecule has 3 N–H and O–H groups in total. The molecule has 0 aromatic heterocycles. The van der Waals surface area contributed by atoms with Crippen molar-refractivity contribution in [1.82, 2.24) is 20.0 Å². The maximum absolute atomic E-state index is 12.3. The van der Waals surface area contributed by atoms with Gasteiger partial charge in [0, 0.05) is 47.3 Å². The Bertz CT molecular complexity index is 1290. The van der Waals surface area contributed by atoms with Crippen molar-refractivity contribution in [1.29, 1.82) is 0 Å². The number of piperidine rings is 4. The third kappa shape index (κ3) is 10.8. The van der Waals surface area contributed by atoms with Crippen molar-refractivity contribution in [3.63, 3.8) is 0 Å². The monoisotopic (exact) mass is 716 g/mol. The van der Waals surface area contributed by atoms with Gasteiger partial charge in [0.15, 0.2) is 0 Å². The van der Waals surface area contributed by atoms with E-state index < -0.39 is 17.8 Å². The van der Waals surface area contributed by atoms with Crippen LogP contribution in [0.2, 0.25) is 10.0 Å². The van der Waals surface area contributed by atoms with Crippen LogP contribution in [-0.2, 0) is 4.74 Å². The first-order chi connectivity index (χ1) is 23.5. The van der Waals surface area contributed by atoms with E-state index in [1.165, 1.54) is 25.7 Å². The molecule has 2 aromatic rings. The number of aliphatic hydroxyl groups is 2. The fourth-order valence-electron chi connectivity index (χ4n) is 8.15. The molecule has 0 saturated carbocycles. The quantitative estimate of drug-likeness (QED) is 0.284. The molecule has 4 saturated heterocycles. The van der Waals surface area contributed by atoms with E-state index in [-0.39, 0.29) is 18.2 Å². The Hall–Kier alpha value is -1.91. The van der Waals surface area contributed by atoms with Gasteiger partial charge in [-0.2, -0.15) is 0 Å². The summed E-state index contributed by atoms with van der Waals surface area (Å²) in [6, 6.07) is 16.6. The molecule has 49 heavy (non-hydrogen) atoms. The number of amides is 1. The highest BCUT2D eigenvalue weighted by molar-refractivity contribution is 6.30. The summed E-state index contributed by atoms with van der Waals surface area (Å²) in [5, 5.41) is 26.7. The number of aliphatic hydroxyl groups excluding tert-OH is 2. The van der Waals surface area contributed by atoms with E-state index in [9.17, 15) is 15.0 Å². The molecule has 0 spiro atoms. The summed E-state index contributed by atoms with van der Waals surface area (Å²) >= 11 is 12.0. The molecule has 4 unspecified atom stereocenters. The molecular formula is C39H58Cl2N4O4. The lowest BCUT2D eigenvalue weighted by molar-refractivity contribution is -0.0230. The van der Waals surface area contributed by atoms with Crippen molar-refractivity contribution in [3.05, 3.63) is 69.7 Å². The number of ether oxygens (including phenoxy) is 1. The fourth-order valence-corrected chi connectivity index (χ4v) is 8.41. The molecule has 4 heterocycles. The number of rotatable bonds is 6. The Morgan fingerprint density at radius 2 is 1.12 bits per heavy atom. The molecule has 6 rings (SSSR count). The summed E-state index contributed by atoms with van der Waals surface area (Å²) in [5.41, 5.74) is 1.45. The first kappa shape index (κ1) is 38.3. The number of likely N-dealkylation sites (tertiary alicyclic amines) is 3. The number of nitrogens with one attached hydrogen (secondary N) is 1. The van der Waals surface area contributed by atoms with E-state index in [0.29, 0.717) is 30.2 Å². The number of halogens is 2. The summed E-state index contributed by atoms with van der Waals surface area (Å²) in [7, 11) is 0. The number of nitrogens with zero attached hydrogens (tertiary/aromatic N) is 3. The van der Waals surface area contributed by atoms with Crippen LogP contribution < -0.4 is 5.32 Å². The van der Waals surface area contributed by atoms with E-state index in [0.717, 1.165) is 80.9 Å². The average Bonchev–Trinajstić information content (AvgIpc) is 3.12. The molecule has 8 nitrogen and oxygen atoms in total. The van der Waals surface area contributed by atoms with Crippen molar-refractivity contribution < 1.29 is 19.7 Å². The van der Waals surface area contributed by atoms with Gasteiger partial charge in [0.2, 0.25) is 0 Å². The van der Waals surface area contributed by atoms with Gasteiger partial charge < -0.3 is 25.2 Å². The highest BCUT2D eigenvalue weighted by Gasteiger charge is 2.37. The molecule has 0 radical (unpaired) electrons. The summed E-state index contributed by atoms with van der Waals surface area (Å²) in [6.45, 7) is 11.4. The second kappa shape index (κ2) is 18.0. The summed E-state index contributed by atoms with van der Waals surface area (Å²) in [5.74, 6) is 0. The minimum absolute atomic E-state index is 0.119.